The number of carbonyl (C=O) groups excluding carboxylic acids is 1. The molecule has 0 bridgehead atoms. The van der Waals surface area contributed by atoms with Crippen molar-refractivity contribution in [2.75, 3.05) is 12.4 Å². The number of methoxy groups -OCH3 is 1. The predicted octanol–water partition coefficient (Wildman–Crippen LogP) is 3.16. The number of hydrogen-bond donors (Lipinski definition) is 2. The van der Waals surface area contributed by atoms with E-state index in [9.17, 15) is 4.79 Å². The van der Waals surface area contributed by atoms with Crippen molar-refractivity contribution in [3.63, 3.8) is 0 Å². The minimum absolute atomic E-state index is 0.141. The highest BCUT2D eigenvalue weighted by Crippen LogP contribution is 2.25. The van der Waals surface area contributed by atoms with Crippen molar-refractivity contribution in [3.05, 3.63) is 46.6 Å². The van der Waals surface area contributed by atoms with E-state index in [-0.39, 0.29) is 5.71 Å². The van der Waals surface area contributed by atoms with Gasteiger partial charge in [-0.1, -0.05) is 22.0 Å². The topological polar surface area (TPSA) is 75.1 Å². The van der Waals surface area contributed by atoms with Gasteiger partial charge in [-0.25, -0.2) is 4.98 Å². The molecule has 2 aromatic rings. The van der Waals surface area contributed by atoms with Gasteiger partial charge in [0.1, 0.15) is 5.71 Å². The first kappa shape index (κ1) is 14.2. The van der Waals surface area contributed by atoms with Gasteiger partial charge >= 0.3 is 0 Å². The van der Waals surface area contributed by atoms with Crippen molar-refractivity contribution < 1.29 is 9.53 Å². The highest BCUT2D eigenvalue weighted by molar-refractivity contribution is 9.10. The molecule has 102 valence electrons. The molecule has 0 aliphatic carbocycles. The number of ether oxygens (including phenoxy) is 1. The third-order valence-electron chi connectivity index (χ3n) is 2.60. The molecule has 0 spiro atoms. The number of hydrogen-bond acceptors (Lipinski definition) is 5. The molecule has 6 heteroatoms. The summed E-state index contributed by atoms with van der Waals surface area (Å²) >= 11 is 3.39. The number of nitrogens with one attached hydrogen (secondary N) is 2. The van der Waals surface area contributed by atoms with E-state index < -0.39 is 0 Å². The smallest absolute Gasteiger partial charge is 0.215 e. The zero-order valence-electron chi connectivity index (χ0n) is 10.7. The summed E-state index contributed by atoms with van der Waals surface area (Å²) < 4.78 is 5.99. The third-order valence-corrected chi connectivity index (χ3v) is 3.09. The Balaban J connectivity index is 2.42. The second-order valence-electron chi connectivity index (χ2n) is 3.94. The molecule has 20 heavy (non-hydrogen) atoms. The van der Waals surface area contributed by atoms with Gasteiger partial charge in [-0.15, -0.1) is 0 Å². The number of rotatable bonds is 5. The number of benzene rings is 1. The number of aldehydes is 1. The molecule has 0 fully saturated rings. The zero-order chi connectivity index (χ0) is 14.5. The van der Waals surface area contributed by atoms with Gasteiger partial charge in [0.2, 0.25) is 5.88 Å². The number of halogens is 1. The largest absolute Gasteiger partial charge is 0.481 e. The monoisotopic (exact) mass is 333 g/mol. The standard InChI is InChI=1S/C14H12BrN3O2/c1-20-14-6-13(11(7-17-14)12(16)8-19)18-10-4-2-3-9(15)5-10/h2-8,16H,1H3,(H,17,18). The Bertz CT molecular complexity index is 659. The lowest BCUT2D eigenvalue weighted by molar-refractivity contribution is -0.102. The summed E-state index contributed by atoms with van der Waals surface area (Å²) in [4.78, 5) is 14.8. The van der Waals surface area contributed by atoms with Crippen LogP contribution in [0.3, 0.4) is 0 Å². The quantitative estimate of drug-likeness (QED) is 0.651. The zero-order valence-corrected chi connectivity index (χ0v) is 12.3. The third kappa shape index (κ3) is 3.21. The Morgan fingerprint density at radius 3 is 2.90 bits per heavy atom. The average Bonchev–Trinajstić information content (AvgIpc) is 2.46. The molecule has 0 saturated heterocycles. The average molecular weight is 334 g/mol. The molecule has 5 nitrogen and oxygen atoms in total. The van der Waals surface area contributed by atoms with Crippen molar-refractivity contribution in [1.29, 1.82) is 5.41 Å². The Labute approximate surface area is 124 Å². The first-order valence-corrected chi connectivity index (χ1v) is 6.54. The molecule has 2 N–H and O–H groups in total. The lowest BCUT2D eigenvalue weighted by Crippen LogP contribution is -2.06. The van der Waals surface area contributed by atoms with Gasteiger partial charge in [0, 0.05) is 28.0 Å². The van der Waals surface area contributed by atoms with E-state index in [2.05, 4.69) is 26.2 Å². The van der Waals surface area contributed by atoms with Gasteiger partial charge in [0.25, 0.3) is 0 Å². The Morgan fingerprint density at radius 1 is 1.45 bits per heavy atom. The Hall–Kier alpha value is -2.21. The van der Waals surface area contributed by atoms with E-state index in [4.69, 9.17) is 10.1 Å². The van der Waals surface area contributed by atoms with Gasteiger partial charge in [-0.2, -0.15) is 0 Å². The fourth-order valence-electron chi connectivity index (χ4n) is 1.65. The summed E-state index contributed by atoms with van der Waals surface area (Å²) in [5.74, 6) is 0.407. The van der Waals surface area contributed by atoms with Crippen LogP contribution in [0.2, 0.25) is 0 Å². The van der Waals surface area contributed by atoms with Gasteiger partial charge in [0.05, 0.1) is 12.8 Å². The van der Waals surface area contributed by atoms with Crippen molar-refractivity contribution in [3.8, 4) is 5.88 Å². The number of nitrogens with zero attached hydrogens (tertiary/aromatic N) is 1. The van der Waals surface area contributed by atoms with E-state index in [0.29, 0.717) is 23.4 Å². The molecular formula is C14H12BrN3O2. The van der Waals surface area contributed by atoms with Crippen LogP contribution in [0, 0.1) is 5.41 Å². The van der Waals surface area contributed by atoms with Gasteiger partial charge in [0.15, 0.2) is 6.29 Å². The van der Waals surface area contributed by atoms with Crippen molar-refractivity contribution in [2.45, 2.75) is 0 Å². The van der Waals surface area contributed by atoms with Gasteiger partial charge < -0.3 is 10.1 Å². The molecular weight excluding hydrogens is 322 g/mol. The van der Waals surface area contributed by atoms with E-state index in [1.165, 1.54) is 13.3 Å². The predicted molar refractivity (Wildman–Crippen MR) is 81.1 cm³/mol. The van der Waals surface area contributed by atoms with Crippen LogP contribution >= 0.6 is 15.9 Å². The van der Waals surface area contributed by atoms with Crippen LogP contribution in [-0.4, -0.2) is 24.1 Å². The number of aromatic nitrogens is 1. The van der Waals surface area contributed by atoms with Gasteiger partial charge in [-0.3, -0.25) is 10.2 Å². The Morgan fingerprint density at radius 2 is 2.25 bits per heavy atom. The highest BCUT2D eigenvalue weighted by atomic mass is 79.9. The SMILES string of the molecule is COc1cc(Nc2cccc(Br)c2)c(C(=N)C=O)cn1. The molecule has 0 saturated carbocycles. The van der Waals surface area contributed by atoms with Crippen molar-refractivity contribution in [1.82, 2.24) is 4.98 Å². The van der Waals surface area contributed by atoms with Crippen molar-refractivity contribution in [2.24, 2.45) is 0 Å². The maximum atomic E-state index is 10.8. The minimum atomic E-state index is -0.141. The van der Waals surface area contributed by atoms with Crippen LogP contribution in [0.1, 0.15) is 5.56 Å². The lowest BCUT2D eigenvalue weighted by Gasteiger charge is -2.12. The first-order valence-electron chi connectivity index (χ1n) is 5.74. The second kappa shape index (κ2) is 6.29. The van der Waals surface area contributed by atoms with Crippen LogP contribution in [-0.2, 0) is 4.79 Å². The molecule has 1 aromatic heterocycles. The summed E-state index contributed by atoms with van der Waals surface area (Å²) in [6.45, 7) is 0. The minimum Gasteiger partial charge on any atom is -0.481 e. The number of pyridine rings is 1. The molecule has 0 aliphatic rings. The molecule has 0 aliphatic heterocycles. The van der Waals surface area contributed by atoms with Crippen LogP contribution < -0.4 is 10.1 Å². The summed E-state index contributed by atoms with van der Waals surface area (Å²) in [5, 5.41) is 10.8. The molecule has 1 aromatic carbocycles. The van der Waals surface area contributed by atoms with Crippen LogP contribution in [0.25, 0.3) is 0 Å². The van der Waals surface area contributed by atoms with E-state index in [1.54, 1.807) is 6.07 Å². The maximum Gasteiger partial charge on any atom is 0.215 e. The second-order valence-corrected chi connectivity index (χ2v) is 4.85. The molecule has 0 amide bonds. The summed E-state index contributed by atoms with van der Waals surface area (Å²) in [6, 6.07) is 9.21. The molecule has 0 atom stereocenters. The van der Waals surface area contributed by atoms with Crippen LogP contribution in [0.5, 0.6) is 5.88 Å². The number of carbonyl (C=O) groups is 1. The fraction of sp³-hybridized carbons (Fsp3) is 0.0714. The van der Waals surface area contributed by atoms with Crippen LogP contribution in [0.4, 0.5) is 11.4 Å². The molecule has 0 unspecified atom stereocenters. The summed E-state index contributed by atoms with van der Waals surface area (Å²) in [6.07, 6.45) is 1.92. The van der Waals surface area contributed by atoms with E-state index in [1.807, 2.05) is 24.3 Å². The first-order chi connectivity index (χ1) is 9.63. The van der Waals surface area contributed by atoms with Crippen LogP contribution in [0.15, 0.2) is 41.0 Å². The molecule has 2 rings (SSSR count). The lowest BCUT2D eigenvalue weighted by atomic mass is 10.1. The maximum absolute atomic E-state index is 10.8. The number of anilines is 2. The van der Waals surface area contributed by atoms with Gasteiger partial charge in [-0.05, 0) is 18.2 Å². The fourth-order valence-corrected chi connectivity index (χ4v) is 2.05. The highest BCUT2D eigenvalue weighted by Gasteiger charge is 2.10. The normalized spacial score (nSPS) is 9.90. The summed E-state index contributed by atoms with van der Waals surface area (Å²) in [5.41, 5.74) is 1.69. The van der Waals surface area contributed by atoms with E-state index in [0.717, 1.165) is 10.2 Å². The molecule has 0 radical (unpaired) electrons. The summed E-state index contributed by atoms with van der Waals surface area (Å²) in [7, 11) is 1.51. The Kier molecular flexibility index (Phi) is 4.47. The van der Waals surface area contributed by atoms with Crippen molar-refractivity contribution >= 4 is 39.3 Å². The molecule has 1 heterocycles. The van der Waals surface area contributed by atoms with E-state index >= 15 is 0 Å².